The summed E-state index contributed by atoms with van der Waals surface area (Å²) in [7, 11) is 0. The Morgan fingerprint density at radius 2 is 1.90 bits per heavy atom. The van der Waals surface area contributed by atoms with E-state index in [0.29, 0.717) is 0 Å². The third-order valence-corrected chi connectivity index (χ3v) is 1.74. The van der Waals surface area contributed by atoms with E-state index in [-0.39, 0.29) is 24.1 Å². The van der Waals surface area contributed by atoms with Crippen LogP contribution in [0.25, 0.3) is 0 Å². The van der Waals surface area contributed by atoms with Gasteiger partial charge in [-0.25, -0.2) is 0 Å². The number of halogens is 3. The lowest BCUT2D eigenvalue weighted by Gasteiger charge is -2.05. The summed E-state index contributed by atoms with van der Waals surface area (Å²) in [5.74, 6) is -0.0918. The van der Waals surface area contributed by atoms with E-state index < -0.39 is 4.84 Å². The van der Waals surface area contributed by atoms with Gasteiger partial charge in [0, 0.05) is 5.92 Å². The van der Waals surface area contributed by atoms with Crippen LogP contribution >= 0.6 is 35.6 Å². The Bertz CT molecular complexity index is 103. The predicted molar refractivity (Wildman–Crippen MR) is 47.2 cm³/mol. The molecule has 0 bridgehead atoms. The van der Waals surface area contributed by atoms with Crippen LogP contribution in [0.5, 0.6) is 0 Å². The van der Waals surface area contributed by atoms with Gasteiger partial charge in [-0.1, -0.05) is 37.0 Å². The zero-order chi connectivity index (χ0) is 7.44. The molecular formula is C6H11Cl3O. The van der Waals surface area contributed by atoms with Gasteiger partial charge >= 0.3 is 0 Å². The van der Waals surface area contributed by atoms with Gasteiger partial charge in [0.1, 0.15) is 0 Å². The third kappa shape index (κ3) is 4.37. The smallest absolute Gasteiger partial charge is 0.168 e. The first-order valence-electron chi connectivity index (χ1n) is 2.91. The van der Waals surface area contributed by atoms with Crippen molar-refractivity contribution in [2.75, 3.05) is 0 Å². The molecule has 0 spiro atoms. The molecule has 1 atom stereocenters. The molecule has 0 amide bonds. The van der Waals surface area contributed by atoms with Gasteiger partial charge in [-0.2, -0.15) is 0 Å². The van der Waals surface area contributed by atoms with E-state index in [2.05, 4.69) is 0 Å². The van der Waals surface area contributed by atoms with E-state index >= 15 is 0 Å². The van der Waals surface area contributed by atoms with Crippen LogP contribution in [0.3, 0.4) is 0 Å². The monoisotopic (exact) mass is 204 g/mol. The predicted octanol–water partition coefficient (Wildman–Crippen LogP) is 2.83. The lowest BCUT2D eigenvalue weighted by Crippen LogP contribution is -2.16. The highest BCUT2D eigenvalue weighted by atomic mass is 35.5. The Kier molecular flexibility index (Phi) is 8.24. The van der Waals surface area contributed by atoms with Crippen molar-refractivity contribution in [1.82, 2.24) is 0 Å². The summed E-state index contributed by atoms with van der Waals surface area (Å²) in [6.07, 6.45) is 0.800. The first kappa shape index (κ1) is 13.2. The number of Topliss-reactive ketones (excluding diaryl/α,β-unsaturated/α-hetero) is 1. The molecule has 10 heavy (non-hydrogen) atoms. The molecular weight excluding hydrogens is 194 g/mol. The molecule has 0 aliphatic rings. The van der Waals surface area contributed by atoms with Gasteiger partial charge in [0.25, 0.3) is 0 Å². The van der Waals surface area contributed by atoms with Crippen molar-refractivity contribution in [1.29, 1.82) is 0 Å². The van der Waals surface area contributed by atoms with E-state index in [4.69, 9.17) is 23.2 Å². The molecule has 0 aliphatic heterocycles. The maximum Gasteiger partial charge on any atom is 0.168 e. The van der Waals surface area contributed by atoms with E-state index in [0.717, 1.165) is 6.42 Å². The van der Waals surface area contributed by atoms with Gasteiger partial charge < -0.3 is 0 Å². The Morgan fingerprint density at radius 1 is 1.50 bits per heavy atom. The molecule has 0 N–H and O–H groups in total. The molecule has 1 unspecified atom stereocenters. The number of carbonyl (C=O) groups is 1. The Hall–Kier alpha value is 0.540. The zero-order valence-corrected chi connectivity index (χ0v) is 8.26. The minimum atomic E-state index is -0.847. The van der Waals surface area contributed by atoms with Crippen molar-refractivity contribution in [3.8, 4) is 0 Å². The lowest BCUT2D eigenvalue weighted by atomic mass is 10.1. The number of hydrogen-bond donors (Lipinski definition) is 0. The number of ketones is 1. The Labute approximate surface area is 77.5 Å². The lowest BCUT2D eigenvalue weighted by molar-refractivity contribution is -0.120. The Balaban J connectivity index is 0. The van der Waals surface area contributed by atoms with Crippen molar-refractivity contribution < 1.29 is 4.79 Å². The average Bonchev–Trinajstić information content (AvgIpc) is 1.84. The second-order valence-corrected chi connectivity index (χ2v) is 3.11. The largest absolute Gasteiger partial charge is 0.296 e. The topological polar surface area (TPSA) is 17.1 Å². The van der Waals surface area contributed by atoms with E-state index in [1.165, 1.54) is 0 Å². The fourth-order valence-corrected chi connectivity index (χ4v) is 0.846. The molecule has 0 aromatic carbocycles. The summed E-state index contributed by atoms with van der Waals surface area (Å²) in [6.45, 7) is 3.75. The van der Waals surface area contributed by atoms with Crippen LogP contribution in [-0.4, -0.2) is 10.6 Å². The van der Waals surface area contributed by atoms with Crippen molar-refractivity contribution in [2.45, 2.75) is 25.1 Å². The molecule has 0 aromatic rings. The summed E-state index contributed by atoms with van der Waals surface area (Å²) >= 11 is 10.6. The molecule has 0 saturated carbocycles. The normalized spacial score (nSPS) is 12.5. The Morgan fingerprint density at radius 3 is 2.00 bits per heavy atom. The molecule has 62 valence electrons. The maximum absolute atomic E-state index is 10.8. The molecule has 0 radical (unpaired) electrons. The van der Waals surface area contributed by atoms with Crippen molar-refractivity contribution in [3.05, 3.63) is 0 Å². The second kappa shape index (κ2) is 6.26. The third-order valence-electron chi connectivity index (χ3n) is 1.31. The highest BCUT2D eigenvalue weighted by molar-refractivity contribution is 6.53. The summed E-state index contributed by atoms with van der Waals surface area (Å²) in [4.78, 5) is 9.96. The SMILES string of the molecule is CCC(C)C(=O)C(Cl)Cl.Cl. The van der Waals surface area contributed by atoms with Crippen molar-refractivity contribution in [2.24, 2.45) is 5.92 Å². The van der Waals surface area contributed by atoms with Crippen LogP contribution in [0.2, 0.25) is 0 Å². The van der Waals surface area contributed by atoms with Gasteiger partial charge in [0.15, 0.2) is 10.6 Å². The van der Waals surface area contributed by atoms with Crippen LogP contribution in [0.1, 0.15) is 20.3 Å². The molecule has 0 heterocycles. The van der Waals surface area contributed by atoms with Gasteiger partial charge in [0.05, 0.1) is 0 Å². The number of rotatable bonds is 3. The molecule has 0 aromatic heterocycles. The molecule has 0 aliphatic carbocycles. The summed E-state index contributed by atoms with van der Waals surface area (Å²) in [6, 6.07) is 0. The molecule has 0 rings (SSSR count). The van der Waals surface area contributed by atoms with Crippen LogP contribution in [0.15, 0.2) is 0 Å². The molecule has 0 saturated heterocycles. The molecule has 0 fully saturated rings. The van der Waals surface area contributed by atoms with Crippen LogP contribution < -0.4 is 0 Å². The summed E-state index contributed by atoms with van der Waals surface area (Å²) < 4.78 is 0. The number of hydrogen-bond acceptors (Lipinski definition) is 1. The van der Waals surface area contributed by atoms with Gasteiger partial charge in [-0.15, -0.1) is 12.4 Å². The highest BCUT2D eigenvalue weighted by Crippen LogP contribution is 2.12. The first-order chi connectivity index (χ1) is 4.09. The molecule has 4 heteroatoms. The fraction of sp³-hybridized carbons (Fsp3) is 0.833. The van der Waals surface area contributed by atoms with Crippen LogP contribution in [0, 0.1) is 5.92 Å². The highest BCUT2D eigenvalue weighted by Gasteiger charge is 2.17. The first-order valence-corrected chi connectivity index (χ1v) is 3.78. The van der Waals surface area contributed by atoms with Crippen molar-refractivity contribution in [3.63, 3.8) is 0 Å². The van der Waals surface area contributed by atoms with Crippen LogP contribution in [-0.2, 0) is 4.79 Å². The second-order valence-electron chi connectivity index (χ2n) is 2.01. The van der Waals surface area contributed by atoms with E-state index in [1.54, 1.807) is 0 Å². The molecule has 1 nitrogen and oxygen atoms in total. The van der Waals surface area contributed by atoms with Crippen LogP contribution in [0.4, 0.5) is 0 Å². The van der Waals surface area contributed by atoms with Gasteiger partial charge in [-0.3, -0.25) is 4.79 Å². The zero-order valence-electron chi connectivity index (χ0n) is 5.93. The van der Waals surface area contributed by atoms with E-state index in [9.17, 15) is 4.79 Å². The number of alkyl halides is 2. The standard InChI is InChI=1S/C6H10Cl2O.ClH/c1-3-4(2)5(9)6(7)8;/h4,6H,3H2,1-2H3;1H. The minimum absolute atomic E-state index is 0. The van der Waals surface area contributed by atoms with E-state index in [1.807, 2.05) is 13.8 Å². The fourth-order valence-electron chi connectivity index (χ4n) is 0.416. The summed E-state index contributed by atoms with van der Waals surface area (Å²) in [5, 5.41) is 0. The minimum Gasteiger partial charge on any atom is -0.296 e. The van der Waals surface area contributed by atoms with Gasteiger partial charge in [0.2, 0.25) is 0 Å². The maximum atomic E-state index is 10.8. The average molecular weight is 206 g/mol. The summed E-state index contributed by atoms with van der Waals surface area (Å²) in [5.41, 5.74) is 0. The number of carbonyl (C=O) groups excluding carboxylic acids is 1. The quantitative estimate of drug-likeness (QED) is 0.648. The van der Waals surface area contributed by atoms with Gasteiger partial charge in [-0.05, 0) is 6.42 Å². The van der Waals surface area contributed by atoms with Crippen molar-refractivity contribution >= 4 is 41.4 Å².